The van der Waals surface area contributed by atoms with Crippen molar-refractivity contribution in [3.05, 3.63) is 29.8 Å². The molecule has 20 heavy (non-hydrogen) atoms. The van der Waals surface area contributed by atoms with Crippen LogP contribution in [0.2, 0.25) is 0 Å². The fraction of sp³-hybridized carbons (Fsp3) is 0.429. The minimum Gasteiger partial charge on any atom is -0.480 e. The molecule has 0 aliphatic rings. The van der Waals surface area contributed by atoms with Gasteiger partial charge in [0.15, 0.2) is 0 Å². The molecular formula is C14H21N3O3. The fourth-order valence-electron chi connectivity index (χ4n) is 1.66. The van der Waals surface area contributed by atoms with Crippen molar-refractivity contribution in [3.8, 4) is 0 Å². The number of carboxylic acid groups (broad SMARTS) is 1. The van der Waals surface area contributed by atoms with Gasteiger partial charge in [-0.2, -0.15) is 0 Å². The third-order valence-electron chi connectivity index (χ3n) is 2.79. The third kappa shape index (κ3) is 5.81. The van der Waals surface area contributed by atoms with E-state index in [1.807, 2.05) is 19.1 Å². The molecule has 1 amide bonds. The highest BCUT2D eigenvalue weighted by atomic mass is 16.4. The number of carboxylic acids is 1. The Morgan fingerprint density at radius 2 is 1.95 bits per heavy atom. The first-order valence-corrected chi connectivity index (χ1v) is 6.55. The van der Waals surface area contributed by atoms with Gasteiger partial charge in [-0.3, -0.25) is 9.59 Å². The Morgan fingerprint density at radius 3 is 2.50 bits per heavy atom. The summed E-state index contributed by atoms with van der Waals surface area (Å²) in [7, 11) is 0. The Hall–Kier alpha value is -1.92. The van der Waals surface area contributed by atoms with Crippen LogP contribution in [-0.2, 0) is 9.59 Å². The summed E-state index contributed by atoms with van der Waals surface area (Å²) in [6, 6.07) is 6.43. The Labute approximate surface area is 118 Å². The molecule has 0 radical (unpaired) electrons. The molecular weight excluding hydrogens is 258 g/mol. The number of carbonyl (C=O) groups excluding carboxylic acids is 1. The van der Waals surface area contributed by atoms with E-state index in [0.29, 0.717) is 25.2 Å². The monoisotopic (exact) mass is 279 g/mol. The molecule has 1 aromatic carbocycles. The van der Waals surface area contributed by atoms with Gasteiger partial charge < -0.3 is 21.5 Å². The summed E-state index contributed by atoms with van der Waals surface area (Å²) in [6.45, 7) is 2.91. The van der Waals surface area contributed by atoms with Crippen molar-refractivity contribution in [1.29, 1.82) is 0 Å². The first-order chi connectivity index (χ1) is 9.52. The number of hydrogen-bond donors (Lipinski definition) is 4. The fourth-order valence-corrected chi connectivity index (χ4v) is 1.66. The van der Waals surface area contributed by atoms with Crippen molar-refractivity contribution in [1.82, 2.24) is 5.32 Å². The van der Waals surface area contributed by atoms with Gasteiger partial charge in [0.25, 0.3) is 0 Å². The average Bonchev–Trinajstić information content (AvgIpc) is 2.40. The van der Waals surface area contributed by atoms with Gasteiger partial charge in [-0.1, -0.05) is 17.7 Å². The number of benzene rings is 1. The molecule has 1 rings (SSSR count). The molecule has 110 valence electrons. The van der Waals surface area contributed by atoms with Crippen LogP contribution in [-0.4, -0.2) is 36.1 Å². The second-order valence-electron chi connectivity index (χ2n) is 4.61. The summed E-state index contributed by atoms with van der Waals surface area (Å²) in [6.07, 6.45) is 0.553. The molecule has 0 aliphatic carbocycles. The molecule has 6 heteroatoms. The standard InChI is InChI=1S/C14H21N3O3/c1-10-3-5-11(6-4-10)17-13(18)9-12(14(19)20)16-8-2-7-15/h3-6,12,16H,2,7-9,15H2,1H3,(H,17,18)(H,19,20)/t12-/m1/s1. The lowest BCUT2D eigenvalue weighted by Gasteiger charge is -2.14. The molecule has 0 unspecified atom stereocenters. The number of amides is 1. The van der Waals surface area contributed by atoms with Gasteiger partial charge in [0.1, 0.15) is 6.04 Å². The molecule has 0 saturated carbocycles. The van der Waals surface area contributed by atoms with E-state index in [-0.39, 0.29) is 12.3 Å². The van der Waals surface area contributed by atoms with Gasteiger partial charge in [-0.15, -0.1) is 0 Å². The Balaban J connectivity index is 2.48. The number of carbonyl (C=O) groups is 2. The van der Waals surface area contributed by atoms with Crippen molar-refractivity contribution in [2.75, 3.05) is 18.4 Å². The van der Waals surface area contributed by atoms with E-state index in [0.717, 1.165) is 5.56 Å². The first-order valence-electron chi connectivity index (χ1n) is 6.55. The van der Waals surface area contributed by atoms with Gasteiger partial charge in [-0.05, 0) is 38.6 Å². The van der Waals surface area contributed by atoms with Crippen LogP contribution in [0.4, 0.5) is 5.69 Å². The number of nitrogens with one attached hydrogen (secondary N) is 2. The second kappa shape index (κ2) is 8.29. The summed E-state index contributed by atoms with van der Waals surface area (Å²) in [4.78, 5) is 22.9. The van der Waals surface area contributed by atoms with Crippen LogP contribution in [0.15, 0.2) is 24.3 Å². The molecule has 6 nitrogen and oxygen atoms in total. The molecule has 0 fully saturated rings. The zero-order valence-corrected chi connectivity index (χ0v) is 11.6. The number of rotatable bonds is 8. The Kier molecular flexibility index (Phi) is 6.69. The second-order valence-corrected chi connectivity index (χ2v) is 4.61. The Bertz CT molecular complexity index is 445. The molecule has 1 atom stereocenters. The van der Waals surface area contributed by atoms with Crippen LogP contribution in [0.5, 0.6) is 0 Å². The van der Waals surface area contributed by atoms with Crippen LogP contribution < -0.4 is 16.4 Å². The maximum absolute atomic E-state index is 11.8. The van der Waals surface area contributed by atoms with Crippen LogP contribution in [0.1, 0.15) is 18.4 Å². The van der Waals surface area contributed by atoms with E-state index in [2.05, 4.69) is 10.6 Å². The van der Waals surface area contributed by atoms with Gasteiger partial charge in [0.2, 0.25) is 5.91 Å². The molecule has 0 spiro atoms. The number of aryl methyl sites for hydroxylation is 1. The quantitative estimate of drug-likeness (QED) is 0.525. The normalized spacial score (nSPS) is 11.9. The smallest absolute Gasteiger partial charge is 0.321 e. The largest absolute Gasteiger partial charge is 0.480 e. The zero-order chi connectivity index (χ0) is 15.0. The van der Waals surface area contributed by atoms with E-state index in [1.54, 1.807) is 12.1 Å². The van der Waals surface area contributed by atoms with E-state index in [4.69, 9.17) is 10.8 Å². The summed E-state index contributed by atoms with van der Waals surface area (Å²) in [5.41, 5.74) is 7.09. The molecule has 0 saturated heterocycles. The summed E-state index contributed by atoms with van der Waals surface area (Å²) in [5, 5.41) is 14.5. The van der Waals surface area contributed by atoms with Gasteiger partial charge in [-0.25, -0.2) is 0 Å². The maximum atomic E-state index is 11.8. The first kappa shape index (κ1) is 16.1. The summed E-state index contributed by atoms with van der Waals surface area (Å²) >= 11 is 0. The molecule has 5 N–H and O–H groups in total. The van der Waals surface area contributed by atoms with Crippen molar-refractivity contribution < 1.29 is 14.7 Å². The van der Waals surface area contributed by atoms with Crippen LogP contribution in [0, 0.1) is 6.92 Å². The summed E-state index contributed by atoms with van der Waals surface area (Å²) in [5.74, 6) is -1.37. The van der Waals surface area contributed by atoms with Gasteiger partial charge in [0.05, 0.1) is 6.42 Å². The van der Waals surface area contributed by atoms with Gasteiger partial charge in [0, 0.05) is 5.69 Å². The third-order valence-corrected chi connectivity index (χ3v) is 2.79. The highest BCUT2D eigenvalue weighted by molar-refractivity contribution is 5.94. The number of nitrogens with two attached hydrogens (primary N) is 1. The lowest BCUT2D eigenvalue weighted by molar-refractivity contribution is -0.141. The van der Waals surface area contributed by atoms with Crippen molar-refractivity contribution in [2.45, 2.75) is 25.8 Å². The minimum absolute atomic E-state index is 0.117. The average molecular weight is 279 g/mol. The van der Waals surface area contributed by atoms with Crippen LogP contribution >= 0.6 is 0 Å². The number of anilines is 1. The lowest BCUT2D eigenvalue weighted by Crippen LogP contribution is -2.40. The molecule has 0 heterocycles. The highest BCUT2D eigenvalue weighted by Gasteiger charge is 2.20. The number of hydrogen-bond acceptors (Lipinski definition) is 4. The topological polar surface area (TPSA) is 104 Å². The molecule has 0 aromatic heterocycles. The predicted molar refractivity (Wildman–Crippen MR) is 77.5 cm³/mol. The van der Waals surface area contributed by atoms with Crippen molar-refractivity contribution in [2.24, 2.45) is 5.73 Å². The van der Waals surface area contributed by atoms with Gasteiger partial charge >= 0.3 is 5.97 Å². The minimum atomic E-state index is -1.04. The molecule has 0 bridgehead atoms. The van der Waals surface area contributed by atoms with E-state index < -0.39 is 12.0 Å². The SMILES string of the molecule is Cc1ccc(NC(=O)C[C@@H](NCCCN)C(=O)O)cc1. The molecule has 0 aliphatic heterocycles. The Morgan fingerprint density at radius 1 is 1.30 bits per heavy atom. The van der Waals surface area contributed by atoms with E-state index in [9.17, 15) is 9.59 Å². The highest BCUT2D eigenvalue weighted by Crippen LogP contribution is 2.09. The van der Waals surface area contributed by atoms with Crippen molar-refractivity contribution in [3.63, 3.8) is 0 Å². The predicted octanol–water partition coefficient (Wildman–Crippen LogP) is 0.715. The van der Waals surface area contributed by atoms with Crippen LogP contribution in [0.3, 0.4) is 0 Å². The van der Waals surface area contributed by atoms with Crippen LogP contribution in [0.25, 0.3) is 0 Å². The van der Waals surface area contributed by atoms with Crippen molar-refractivity contribution >= 4 is 17.6 Å². The molecule has 1 aromatic rings. The van der Waals surface area contributed by atoms with E-state index >= 15 is 0 Å². The summed E-state index contributed by atoms with van der Waals surface area (Å²) < 4.78 is 0. The zero-order valence-electron chi connectivity index (χ0n) is 11.6. The number of aliphatic carboxylic acids is 1. The lowest BCUT2D eigenvalue weighted by atomic mass is 10.1. The maximum Gasteiger partial charge on any atom is 0.321 e. The van der Waals surface area contributed by atoms with E-state index in [1.165, 1.54) is 0 Å².